The van der Waals surface area contributed by atoms with Crippen LogP contribution in [0.25, 0.3) is 0 Å². The number of halogens is 1. The Hall–Kier alpha value is -2.58. The second-order valence-electron chi connectivity index (χ2n) is 5.37. The number of carbonyl (C=O) groups is 1. The van der Waals surface area contributed by atoms with E-state index in [9.17, 15) is 17.6 Å². The van der Waals surface area contributed by atoms with Gasteiger partial charge in [-0.3, -0.25) is 4.79 Å². The van der Waals surface area contributed by atoms with Gasteiger partial charge in [0.15, 0.2) is 0 Å². The van der Waals surface area contributed by atoms with E-state index in [0.717, 1.165) is 0 Å². The Labute approximate surface area is 152 Å². The highest BCUT2D eigenvalue weighted by molar-refractivity contribution is 7.89. The highest BCUT2D eigenvalue weighted by Gasteiger charge is 2.22. The molecule has 0 saturated heterocycles. The Morgan fingerprint density at radius 3 is 2.50 bits per heavy atom. The fourth-order valence-corrected chi connectivity index (χ4v) is 3.83. The van der Waals surface area contributed by atoms with Gasteiger partial charge in [0.1, 0.15) is 5.82 Å². The van der Waals surface area contributed by atoms with Gasteiger partial charge in [-0.1, -0.05) is 32.0 Å². The van der Waals surface area contributed by atoms with Crippen molar-refractivity contribution in [3.05, 3.63) is 65.5 Å². The normalized spacial score (nSPS) is 11.8. The molecular formula is C18H20FN3O3S. The van der Waals surface area contributed by atoms with Gasteiger partial charge < -0.3 is 0 Å². The molecule has 0 aliphatic heterocycles. The number of hydrazone groups is 1. The van der Waals surface area contributed by atoms with Gasteiger partial charge in [0.05, 0.1) is 11.1 Å². The van der Waals surface area contributed by atoms with Gasteiger partial charge >= 0.3 is 0 Å². The smallest absolute Gasteiger partial charge is 0.267 e. The van der Waals surface area contributed by atoms with Gasteiger partial charge in [-0.05, 0) is 35.9 Å². The highest BCUT2D eigenvalue weighted by Crippen LogP contribution is 2.17. The monoisotopic (exact) mass is 377 g/mol. The van der Waals surface area contributed by atoms with E-state index >= 15 is 0 Å². The molecule has 0 aliphatic rings. The van der Waals surface area contributed by atoms with E-state index in [2.05, 4.69) is 10.5 Å². The lowest BCUT2D eigenvalue weighted by molar-refractivity contribution is 0.0955. The van der Waals surface area contributed by atoms with Gasteiger partial charge in [0.25, 0.3) is 5.91 Å². The van der Waals surface area contributed by atoms with E-state index in [1.54, 1.807) is 19.9 Å². The lowest BCUT2D eigenvalue weighted by Gasteiger charge is -2.18. The molecule has 0 spiro atoms. The van der Waals surface area contributed by atoms with Crippen molar-refractivity contribution < 1.29 is 17.6 Å². The molecule has 0 fully saturated rings. The first-order valence-corrected chi connectivity index (χ1v) is 9.51. The summed E-state index contributed by atoms with van der Waals surface area (Å²) in [6.45, 7) is 4.18. The summed E-state index contributed by atoms with van der Waals surface area (Å²) in [6, 6.07) is 11.5. The summed E-state index contributed by atoms with van der Waals surface area (Å²) in [6.07, 6.45) is 1.30. The highest BCUT2D eigenvalue weighted by atomic mass is 32.2. The minimum atomic E-state index is -3.65. The van der Waals surface area contributed by atoms with Crippen molar-refractivity contribution in [3.8, 4) is 0 Å². The average Bonchev–Trinajstić information content (AvgIpc) is 2.62. The minimum absolute atomic E-state index is 0.0444. The molecule has 2 rings (SSSR count). The SMILES string of the molecule is CCN(CC)S(=O)(=O)c1cccc(C(=O)N/N=C\c2cccc(F)c2)c1. The Bertz CT molecular complexity index is 909. The molecule has 2 aromatic carbocycles. The summed E-state index contributed by atoms with van der Waals surface area (Å²) < 4.78 is 39.5. The van der Waals surface area contributed by atoms with Crippen LogP contribution in [0.3, 0.4) is 0 Å². The maximum absolute atomic E-state index is 13.1. The Kier molecular flexibility index (Phi) is 6.59. The van der Waals surface area contributed by atoms with Crippen molar-refractivity contribution in [3.63, 3.8) is 0 Å². The Balaban J connectivity index is 2.15. The Morgan fingerprint density at radius 1 is 1.15 bits per heavy atom. The lowest BCUT2D eigenvalue weighted by Crippen LogP contribution is -2.30. The van der Waals surface area contributed by atoms with Crippen LogP contribution in [0, 0.1) is 5.82 Å². The number of nitrogens with one attached hydrogen (secondary N) is 1. The van der Waals surface area contributed by atoms with Gasteiger partial charge in [0.2, 0.25) is 10.0 Å². The standard InChI is InChI=1S/C18H20FN3O3S/c1-3-22(4-2)26(24,25)17-10-6-8-15(12-17)18(23)21-20-13-14-7-5-9-16(19)11-14/h5-13H,3-4H2,1-2H3,(H,21,23)/b20-13-. The molecule has 0 unspecified atom stereocenters. The van der Waals surface area contributed by atoms with Crippen LogP contribution in [0.2, 0.25) is 0 Å². The second kappa shape index (κ2) is 8.68. The predicted octanol–water partition coefficient (Wildman–Crippen LogP) is 2.62. The van der Waals surface area contributed by atoms with Crippen LogP contribution < -0.4 is 5.43 Å². The van der Waals surface area contributed by atoms with E-state index in [4.69, 9.17) is 0 Å². The molecule has 0 saturated carbocycles. The molecule has 1 amide bonds. The molecule has 2 aromatic rings. The van der Waals surface area contributed by atoms with Crippen LogP contribution in [0.15, 0.2) is 58.5 Å². The fraction of sp³-hybridized carbons (Fsp3) is 0.222. The van der Waals surface area contributed by atoms with E-state index in [-0.39, 0.29) is 10.5 Å². The summed E-state index contributed by atoms with van der Waals surface area (Å²) in [5.74, 6) is -0.969. The number of benzene rings is 2. The van der Waals surface area contributed by atoms with Crippen molar-refractivity contribution in [2.24, 2.45) is 5.10 Å². The molecule has 8 heteroatoms. The van der Waals surface area contributed by atoms with Crippen molar-refractivity contribution in [1.29, 1.82) is 0 Å². The minimum Gasteiger partial charge on any atom is -0.267 e. The molecule has 0 atom stereocenters. The predicted molar refractivity (Wildman–Crippen MR) is 98.0 cm³/mol. The second-order valence-corrected chi connectivity index (χ2v) is 7.31. The van der Waals surface area contributed by atoms with Crippen LogP contribution in [0.1, 0.15) is 29.8 Å². The molecule has 0 radical (unpaired) electrons. The van der Waals surface area contributed by atoms with Crippen LogP contribution in [-0.2, 0) is 10.0 Å². The van der Waals surface area contributed by atoms with Gasteiger partial charge in [-0.25, -0.2) is 18.2 Å². The van der Waals surface area contributed by atoms with Crippen molar-refractivity contribution >= 4 is 22.1 Å². The molecule has 0 bridgehead atoms. The number of hydrogen-bond donors (Lipinski definition) is 1. The summed E-state index contributed by atoms with van der Waals surface area (Å²) in [5.41, 5.74) is 2.95. The summed E-state index contributed by atoms with van der Waals surface area (Å²) in [4.78, 5) is 12.2. The number of amides is 1. The lowest BCUT2D eigenvalue weighted by atomic mass is 10.2. The molecule has 0 heterocycles. The topological polar surface area (TPSA) is 78.8 Å². The molecule has 26 heavy (non-hydrogen) atoms. The van der Waals surface area contributed by atoms with Gasteiger partial charge in [-0.2, -0.15) is 9.41 Å². The zero-order valence-corrected chi connectivity index (χ0v) is 15.3. The number of sulfonamides is 1. The van der Waals surface area contributed by atoms with Gasteiger partial charge in [-0.15, -0.1) is 0 Å². The first kappa shape index (κ1) is 19.7. The first-order chi connectivity index (χ1) is 12.4. The van der Waals surface area contributed by atoms with Gasteiger partial charge in [0, 0.05) is 18.7 Å². The maximum atomic E-state index is 13.1. The largest absolute Gasteiger partial charge is 0.271 e. The quantitative estimate of drug-likeness (QED) is 0.595. The third kappa shape index (κ3) is 4.74. The molecule has 138 valence electrons. The average molecular weight is 377 g/mol. The number of carbonyl (C=O) groups excluding carboxylic acids is 1. The number of nitrogens with zero attached hydrogens (tertiary/aromatic N) is 2. The zero-order chi connectivity index (χ0) is 19.2. The third-order valence-corrected chi connectivity index (χ3v) is 5.71. The molecule has 0 aromatic heterocycles. The third-order valence-electron chi connectivity index (χ3n) is 3.67. The first-order valence-electron chi connectivity index (χ1n) is 8.07. The van der Waals surface area contributed by atoms with Crippen molar-refractivity contribution in [2.75, 3.05) is 13.1 Å². The number of hydrogen-bond acceptors (Lipinski definition) is 4. The van der Waals surface area contributed by atoms with E-state index in [1.807, 2.05) is 0 Å². The van der Waals surface area contributed by atoms with E-state index in [0.29, 0.717) is 18.7 Å². The van der Waals surface area contributed by atoms with Crippen molar-refractivity contribution in [2.45, 2.75) is 18.7 Å². The molecule has 6 nitrogen and oxygen atoms in total. The summed E-state index contributed by atoms with van der Waals surface area (Å²) >= 11 is 0. The molecular weight excluding hydrogens is 357 g/mol. The summed E-state index contributed by atoms with van der Waals surface area (Å²) in [5, 5.41) is 3.77. The Morgan fingerprint density at radius 2 is 1.85 bits per heavy atom. The molecule has 0 aliphatic carbocycles. The molecule has 1 N–H and O–H groups in total. The zero-order valence-electron chi connectivity index (χ0n) is 14.5. The van der Waals surface area contributed by atoms with Crippen molar-refractivity contribution in [1.82, 2.24) is 9.73 Å². The summed E-state index contributed by atoms with van der Waals surface area (Å²) in [7, 11) is -3.65. The van der Waals surface area contributed by atoms with Crippen LogP contribution >= 0.6 is 0 Å². The van der Waals surface area contributed by atoms with Crippen LogP contribution in [0.5, 0.6) is 0 Å². The van der Waals surface area contributed by atoms with E-state index in [1.165, 1.54) is 53.0 Å². The van der Waals surface area contributed by atoms with Crippen LogP contribution in [0.4, 0.5) is 4.39 Å². The maximum Gasteiger partial charge on any atom is 0.271 e. The fourth-order valence-electron chi connectivity index (χ4n) is 2.33. The van der Waals surface area contributed by atoms with E-state index < -0.39 is 21.7 Å². The number of rotatable bonds is 7. The van der Waals surface area contributed by atoms with Crippen LogP contribution in [-0.4, -0.2) is 37.9 Å².